The highest BCUT2D eigenvalue weighted by Gasteiger charge is 2.27. The number of anilines is 1. The Morgan fingerprint density at radius 1 is 1.60 bits per heavy atom. The van der Waals surface area contributed by atoms with E-state index in [0.29, 0.717) is 12.1 Å². The number of methoxy groups -OCH3 is 1. The fourth-order valence-electron chi connectivity index (χ4n) is 1.84. The van der Waals surface area contributed by atoms with Crippen LogP contribution in [0.2, 0.25) is 0 Å². The predicted molar refractivity (Wildman–Crippen MR) is 55.1 cm³/mol. The number of rotatable bonds is 2. The Bertz CT molecular complexity index is 414. The maximum atomic E-state index is 11.5. The highest BCUT2D eigenvalue weighted by molar-refractivity contribution is 5.95. The van der Waals surface area contributed by atoms with E-state index in [-0.39, 0.29) is 5.92 Å². The molecule has 0 saturated heterocycles. The van der Waals surface area contributed by atoms with E-state index in [1.165, 1.54) is 7.11 Å². The fourth-order valence-corrected chi connectivity index (χ4v) is 1.84. The summed E-state index contributed by atoms with van der Waals surface area (Å²) in [6.07, 6.45) is 0.852. The SMILES string of the molecule is COC(=O)c1cccc2c1C(C=O)CN2. The van der Waals surface area contributed by atoms with Crippen LogP contribution in [0.3, 0.4) is 0 Å². The van der Waals surface area contributed by atoms with E-state index in [1.54, 1.807) is 12.1 Å². The number of aldehydes is 1. The summed E-state index contributed by atoms with van der Waals surface area (Å²) in [5.74, 6) is -0.655. The van der Waals surface area contributed by atoms with Crippen molar-refractivity contribution in [2.45, 2.75) is 5.92 Å². The zero-order valence-corrected chi connectivity index (χ0v) is 8.32. The quantitative estimate of drug-likeness (QED) is 0.582. The third-order valence-electron chi connectivity index (χ3n) is 2.56. The van der Waals surface area contributed by atoms with Crippen LogP contribution in [0.15, 0.2) is 18.2 Å². The highest BCUT2D eigenvalue weighted by atomic mass is 16.5. The van der Waals surface area contributed by atoms with Gasteiger partial charge in [-0.3, -0.25) is 0 Å². The molecule has 1 aliphatic heterocycles. The first-order valence-electron chi connectivity index (χ1n) is 4.68. The minimum absolute atomic E-state index is 0.254. The summed E-state index contributed by atoms with van der Waals surface area (Å²) in [7, 11) is 1.33. The lowest BCUT2D eigenvalue weighted by Crippen LogP contribution is -2.09. The van der Waals surface area contributed by atoms with Crippen LogP contribution in [0.5, 0.6) is 0 Å². The van der Waals surface area contributed by atoms with Crippen LogP contribution in [-0.4, -0.2) is 25.9 Å². The van der Waals surface area contributed by atoms with Gasteiger partial charge >= 0.3 is 5.97 Å². The summed E-state index contributed by atoms with van der Waals surface area (Å²) in [6.45, 7) is 0.548. The summed E-state index contributed by atoms with van der Waals surface area (Å²) in [6, 6.07) is 5.30. The van der Waals surface area contributed by atoms with Crippen molar-refractivity contribution in [3.63, 3.8) is 0 Å². The Morgan fingerprint density at radius 3 is 3.07 bits per heavy atom. The second-order valence-corrected chi connectivity index (χ2v) is 3.38. The molecule has 4 nitrogen and oxygen atoms in total. The van der Waals surface area contributed by atoms with Crippen LogP contribution in [0.4, 0.5) is 5.69 Å². The van der Waals surface area contributed by atoms with Crippen molar-refractivity contribution in [1.82, 2.24) is 0 Å². The van der Waals surface area contributed by atoms with E-state index in [9.17, 15) is 9.59 Å². The molecule has 1 aromatic carbocycles. The molecule has 1 unspecified atom stereocenters. The summed E-state index contributed by atoms with van der Waals surface area (Å²) in [4.78, 5) is 22.3. The van der Waals surface area contributed by atoms with Crippen molar-refractivity contribution in [1.29, 1.82) is 0 Å². The van der Waals surface area contributed by atoms with Gasteiger partial charge in [-0.2, -0.15) is 0 Å². The van der Waals surface area contributed by atoms with Crippen LogP contribution >= 0.6 is 0 Å². The Kier molecular flexibility index (Phi) is 2.41. The number of nitrogens with one attached hydrogen (secondary N) is 1. The van der Waals surface area contributed by atoms with Crippen molar-refractivity contribution in [3.8, 4) is 0 Å². The van der Waals surface area contributed by atoms with Crippen LogP contribution in [0.25, 0.3) is 0 Å². The lowest BCUT2D eigenvalue weighted by atomic mass is 9.97. The number of carbonyl (C=O) groups is 2. The number of hydrogen-bond donors (Lipinski definition) is 1. The lowest BCUT2D eigenvalue weighted by molar-refractivity contribution is -0.108. The van der Waals surface area contributed by atoms with E-state index in [2.05, 4.69) is 10.1 Å². The zero-order valence-electron chi connectivity index (χ0n) is 8.32. The van der Waals surface area contributed by atoms with Crippen LogP contribution in [-0.2, 0) is 9.53 Å². The Labute approximate surface area is 87.2 Å². The molecule has 4 heteroatoms. The molecule has 1 aliphatic rings. The second kappa shape index (κ2) is 3.73. The normalized spacial score (nSPS) is 17.8. The number of benzene rings is 1. The molecule has 1 N–H and O–H groups in total. The van der Waals surface area contributed by atoms with E-state index in [0.717, 1.165) is 17.5 Å². The highest BCUT2D eigenvalue weighted by Crippen LogP contribution is 2.33. The van der Waals surface area contributed by atoms with Gasteiger partial charge in [0.25, 0.3) is 0 Å². The average Bonchev–Trinajstić information content (AvgIpc) is 2.70. The topological polar surface area (TPSA) is 55.4 Å². The molecule has 1 heterocycles. The minimum atomic E-state index is -0.401. The molecule has 1 atom stereocenters. The third-order valence-corrected chi connectivity index (χ3v) is 2.56. The van der Waals surface area contributed by atoms with Gasteiger partial charge in [0.05, 0.1) is 18.6 Å². The minimum Gasteiger partial charge on any atom is -0.465 e. The Balaban J connectivity index is 2.53. The molecule has 0 saturated carbocycles. The first kappa shape index (κ1) is 9.71. The van der Waals surface area contributed by atoms with Gasteiger partial charge in [-0.15, -0.1) is 0 Å². The van der Waals surface area contributed by atoms with Crippen LogP contribution < -0.4 is 5.32 Å². The lowest BCUT2D eigenvalue weighted by Gasteiger charge is -2.07. The number of ether oxygens (including phenoxy) is 1. The summed E-state index contributed by atoms with van der Waals surface area (Å²) in [5.41, 5.74) is 2.06. The first-order chi connectivity index (χ1) is 7.27. The zero-order chi connectivity index (χ0) is 10.8. The number of esters is 1. The van der Waals surface area contributed by atoms with Crippen molar-refractivity contribution in [3.05, 3.63) is 29.3 Å². The molecule has 0 spiro atoms. The smallest absolute Gasteiger partial charge is 0.338 e. The van der Waals surface area contributed by atoms with Gasteiger partial charge in [-0.1, -0.05) is 6.07 Å². The first-order valence-corrected chi connectivity index (χ1v) is 4.68. The van der Waals surface area contributed by atoms with Crippen LogP contribution in [0.1, 0.15) is 21.8 Å². The summed E-state index contributed by atoms with van der Waals surface area (Å²) < 4.78 is 4.67. The largest absolute Gasteiger partial charge is 0.465 e. The molecule has 0 bridgehead atoms. The van der Waals surface area contributed by atoms with Gasteiger partial charge in [0, 0.05) is 17.8 Å². The van der Waals surface area contributed by atoms with Gasteiger partial charge in [-0.25, -0.2) is 4.79 Å². The van der Waals surface area contributed by atoms with Gasteiger partial charge < -0.3 is 14.8 Å². The maximum absolute atomic E-state index is 11.5. The Hall–Kier alpha value is -1.84. The monoisotopic (exact) mass is 205 g/mol. The predicted octanol–water partition coefficient (Wildman–Crippen LogP) is 1.18. The van der Waals surface area contributed by atoms with Crippen molar-refractivity contribution in [2.75, 3.05) is 19.0 Å². The summed E-state index contributed by atoms with van der Waals surface area (Å²) >= 11 is 0. The van der Waals surface area contributed by atoms with Crippen molar-refractivity contribution < 1.29 is 14.3 Å². The van der Waals surface area contributed by atoms with E-state index < -0.39 is 5.97 Å². The number of carbonyl (C=O) groups excluding carboxylic acids is 2. The molecule has 15 heavy (non-hydrogen) atoms. The standard InChI is InChI=1S/C11H11NO3/c1-15-11(14)8-3-2-4-9-10(8)7(6-13)5-12-9/h2-4,6-7,12H,5H2,1H3. The molecule has 0 radical (unpaired) electrons. The third kappa shape index (κ3) is 1.48. The molecule has 0 aliphatic carbocycles. The molecule has 2 rings (SSSR count). The van der Waals surface area contributed by atoms with Crippen LogP contribution in [0, 0.1) is 0 Å². The molecular formula is C11H11NO3. The van der Waals surface area contributed by atoms with E-state index >= 15 is 0 Å². The summed E-state index contributed by atoms with van der Waals surface area (Å²) in [5, 5.41) is 3.08. The second-order valence-electron chi connectivity index (χ2n) is 3.38. The molecular weight excluding hydrogens is 194 g/mol. The van der Waals surface area contributed by atoms with E-state index in [4.69, 9.17) is 0 Å². The molecule has 1 aromatic rings. The number of hydrogen-bond acceptors (Lipinski definition) is 4. The van der Waals surface area contributed by atoms with Gasteiger partial charge in [0.15, 0.2) is 0 Å². The van der Waals surface area contributed by atoms with Crippen molar-refractivity contribution in [2.24, 2.45) is 0 Å². The van der Waals surface area contributed by atoms with Gasteiger partial charge in [0.2, 0.25) is 0 Å². The van der Waals surface area contributed by atoms with Gasteiger partial charge in [-0.05, 0) is 12.1 Å². The van der Waals surface area contributed by atoms with Crippen molar-refractivity contribution >= 4 is 17.9 Å². The molecule has 78 valence electrons. The number of fused-ring (bicyclic) bond motifs is 1. The molecule has 0 amide bonds. The average molecular weight is 205 g/mol. The van der Waals surface area contributed by atoms with Gasteiger partial charge in [0.1, 0.15) is 6.29 Å². The molecule has 0 aromatic heterocycles. The molecule has 0 fully saturated rings. The maximum Gasteiger partial charge on any atom is 0.338 e. The Morgan fingerprint density at radius 2 is 2.40 bits per heavy atom. The van der Waals surface area contributed by atoms with E-state index in [1.807, 2.05) is 6.07 Å². The fraction of sp³-hybridized carbons (Fsp3) is 0.273.